The van der Waals surface area contributed by atoms with Gasteiger partial charge in [0, 0.05) is 29.9 Å². The molecule has 1 N–H and O–H groups in total. The molecule has 0 spiro atoms. The van der Waals surface area contributed by atoms with E-state index in [0.717, 1.165) is 11.6 Å². The maximum Gasteiger partial charge on any atom is 0.161 e. The van der Waals surface area contributed by atoms with Gasteiger partial charge in [-0.1, -0.05) is 0 Å². The van der Waals surface area contributed by atoms with Gasteiger partial charge in [-0.25, -0.2) is 17.9 Å². The van der Waals surface area contributed by atoms with E-state index in [2.05, 4.69) is 10.4 Å². The summed E-state index contributed by atoms with van der Waals surface area (Å²) in [5.74, 6) is -3.16. The Morgan fingerprint density at radius 1 is 1.17 bits per heavy atom. The van der Waals surface area contributed by atoms with Crippen LogP contribution < -0.4 is 5.32 Å². The first-order valence-electron chi connectivity index (χ1n) is 5.37. The van der Waals surface area contributed by atoms with E-state index in [4.69, 9.17) is 0 Å². The molecule has 0 aliphatic heterocycles. The van der Waals surface area contributed by atoms with Crippen LogP contribution in [-0.2, 0) is 6.54 Å². The number of nitrogens with one attached hydrogen (secondary N) is 1. The second kappa shape index (κ2) is 4.81. The molecule has 6 heteroatoms. The first-order chi connectivity index (χ1) is 8.54. The second-order valence-corrected chi connectivity index (χ2v) is 3.92. The molecule has 2 aromatic rings. The maximum absolute atomic E-state index is 13.6. The Kier molecular flexibility index (Phi) is 3.38. The van der Waals surface area contributed by atoms with Crippen molar-refractivity contribution >= 4 is 0 Å². The van der Waals surface area contributed by atoms with Crippen molar-refractivity contribution in [3.8, 4) is 5.69 Å². The maximum atomic E-state index is 13.6. The molecule has 0 atom stereocenters. The van der Waals surface area contributed by atoms with Crippen LogP contribution >= 0.6 is 0 Å². The van der Waals surface area contributed by atoms with Gasteiger partial charge in [-0.05, 0) is 14.0 Å². The molecule has 0 radical (unpaired) electrons. The largest absolute Gasteiger partial charge is 0.316 e. The summed E-state index contributed by atoms with van der Waals surface area (Å²) in [4.78, 5) is 0. The average Bonchev–Trinajstić information content (AvgIpc) is 2.67. The topological polar surface area (TPSA) is 29.9 Å². The van der Waals surface area contributed by atoms with Crippen LogP contribution in [0.1, 0.15) is 11.3 Å². The Morgan fingerprint density at radius 2 is 1.83 bits per heavy atom. The number of rotatable bonds is 3. The summed E-state index contributed by atoms with van der Waals surface area (Å²) in [6.45, 7) is 2.30. The van der Waals surface area contributed by atoms with Crippen LogP contribution in [0.5, 0.6) is 0 Å². The molecule has 0 aliphatic rings. The highest BCUT2D eigenvalue weighted by atomic mass is 19.2. The number of halogens is 3. The van der Waals surface area contributed by atoms with Gasteiger partial charge in [-0.3, -0.25) is 0 Å². The van der Waals surface area contributed by atoms with Crippen molar-refractivity contribution in [1.82, 2.24) is 15.1 Å². The fourth-order valence-corrected chi connectivity index (χ4v) is 1.72. The Bertz CT molecular complexity index is 578. The summed E-state index contributed by atoms with van der Waals surface area (Å²) < 4.78 is 40.8. The Morgan fingerprint density at radius 3 is 2.50 bits per heavy atom. The summed E-state index contributed by atoms with van der Waals surface area (Å²) in [6, 6.07) is 1.32. The fraction of sp³-hybridized carbons (Fsp3) is 0.250. The quantitative estimate of drug-likeness (QED) is 0.853. The number of hydrogen-bond donors (Lipinski definition) is 1. The smallest absolute Gasteiger partial charge is 0.161 e. The average molecular weight is 255 g/mol. The second-order valence-electron chi connectivity index (χ2n) is 3.92. The van der Waals surface area contributed by atoms with Gasteiger partial charge in [0.2, 0.25) is 0 Å². The van der Waals surface area contributed by atoms with Crippen molar-refractivity contribution in [2.75, 3.05) is 7.05 Å². The monoisotopic (exact) mass is 255 g/mol. The molecule has 0 bridgehead atoms. The van der Waals surface area contributed by atoms with Crippen molar-refractivity contribution in [2.45, 2.75) is 13.5 Å². The van der Waals surface area contributed by atoms with Crippen LogP contribution in [0.25, 0.3) is 5.69 Å². The molecule has 2 rings (SSSR count). The zero-order valence-electron chi connectivity index (χ0n) is 9.97. The van der Waals surface area contributed by atoms with Crippen LogP contribution in [0.2, 0.25) is 0 Å². The molecular weight excluding hydrogens is 243 g/mol. The minimum Gasteiger partial charge on any atom is -0.316 e. The van der Waals surface area contributed by atoms with Gasteiger partial charge in [0.05, 0.1) is 6.20 Å². The van der Waals surface area contributed by atoms with Gasteiger partial charge in [0.15, 0.2) is 17.5 Å². The molecular formula is C12H12F3N3. The molecule has 0 fully saturated rings. The van der Waals surface area contributed by atoms with E-state index in [1.807, 2.05) is 0 Å². The van der Waals surface area contributed by atoms with Crippen molar-refractivity contribution in [3.63, 3.8) is 0 Å². The fourth-order valence-electron chi connectivity index (χ4n) is 1.72. The van der Waals surface area contributed by atoms with Gasteiger partial charge in [-0.2, -0.15) is 5.10 Å². The van der Waals surface area contributed by atoms with Gasteiger partial charge < -0.3 is 5.32 Å². The number of benzene rings is 1. The van der Waals surface area contributed by atoms with E-state index < -0.39 is 17.5 Å². The third-order valence-electron chi connectivity index (χ3n) is 2.70. The minimum absolute atomic E-state index is 0.103. The van der Waals surface area contributed by atoms with Gasteiger partial charge in [0.1, 0.15) is 5.69 Å². The van der Waals surface area contributed by atoms with E-state index in [-0.39, 0.29) is 5.69 Å². The summed E-state index contributed by atoms with van der Waals surface area (Å²) in [5, 5.41) is 6.93. The van der Waals surface area contributed by atoms with Crippen molar-refractivity contribution in [2.24, 2.45) is 0 Å². The Balaban J connectivity index is 2.52. The summed E-state index contributed by atoms with van der Waals surface area (Å²) in [6.07, 6.45) is 1.56. The lowest BCUT2D eigenvalue weighted by Crippen LogP contribution is -2.08. The van der Waals surface area contributed by atoms with Crippen molar-refractivity contribution < 1.29 is 13.2 Å². The first-order valence-corrected chi connectivity index (χ1v) is 5.37. The summed E-state index contributed by atoms with van der Waals surface area (Å²) in [7, 11) is 1.77. The van der Waals surface area contributed by atoms with Crippen LogP contribution in [0.15, 0.2) is 18.3 Å². The molecule has 0 amide bonds. The molecule has 3 nitrogen and oxygen atoms in total. The standard InChI is InChI=1S/C12H12F3N3/c1-7-8(5-16-2)6-17-18(7)12-4-10(14)9(13)3-11(12)15/h3-4,6,16H,5H2,1-2H3. The summed E-state index contributed by atoms with van der Waals surface area (Å²) >= 11 is 0. The van der Waals surface area contributed by atoms with Gasteiger partial charge in [0.25, 0.3) is 0 Å². The van der Waals surface area contributed by atoms with E-state index in [9.17, 15) is 13.2 Å². The van der Waals surface area contributed by atoms with Crippen molar-refractivity contribution in [3.05, 3.63) is 47.0 Å². The third kappa shape index (κ3) is 2.11. The van der Waals surface area contributed by atoms with Crippen LogP contribution in [-0.4, -0.2) is 16.8 Å². The molecule has 1 aromatic carbocycles. The van der Waals surface area contributed by atoms with E-state index >= 15 is 0 Å². The molecule has 0 unspecified atom stereocenters. The molecule has 18 heavy (non-hydrogen) atoms. The van der Waals surface area contributed by atoms with Crippen LogP contribution in [0, 0.1) is 24.4 Å². The van der Waals surface area contributed by atoms with E-state index in [0.29, 0.717) is 18.3 Å². The molecule has 0 saturated heterocycles. The highest BCUT2D eigenvalue weighted by Gasteiger charge is 2.15. The van der Waals surface area contributed by atoms with Crippen LogP contribution in [0.4, 0.5) is 13.2 Å². The highest BCUT2D eigenvalue weighted by Crippen LogP contribution is 2.20. The number of aromatic nitrogens is 2. The predicted octanol–water partition coefficient (Wildman–Crippen LogP) is 2.32. The predicted molar refractivity (Wildman–Crippen MR) is 60.9 cm³/mol. The zero-order valence-corrected chi connectivity index (χ0v) is 9.97. The molecule has 1 aromatic heterocycles. The Hall–Kier alpha value is -1.82. The molecule has 1 heterocycles. The third-order valence-corrected chi connectivity index (χ3v) is 2.70. The Labute approximate surface area is 102 Å². The van der Waals surface area contributed by atoms with Gasteiger partial charge in [-0.15, -0.1) is 0 Å². The lowest BCUT2D eigenvalue weighted by Gasteiger charge is -2.07. The zero-order chi connectivity index (χ0) is 13.3. The minimum atomic E-state index is -1.21. The summed E-state index contributed by atoms with van der Waals surface area (Å²) in [5.41, 5.74) is 1.43. The van der Waals surface area contributed by atoms with Crippen LogP contribution in [0.3, 0.4) is 0 Å². The molecule has 96 valence electrons. The van der Waals surface area contributed by atoms with E-state index in [1.165, 1.54) is 4.68 Å². The van der Waals surface area contributed by atoms with Crippen molar-refractivity contribution in [1.29, 1.82) is 0 Å². The lowest BCUT2D eigenvalue weighted by molar-refractivity contribution is 0.491. The number of nitrogens with zero attached hydrogens (tertiary/aromatic N) is 2. The normalized spacial score (nSPS) is 10.9. The highest BCUT2D eigenvalue weighted by molar-refractivity contribution is 5.37. The molecule has 0 saturated carbocycles. The van der Waals surface area contributed by atoms with E-state index in [1.54, 1.807) is 20.2 Å². The SMILES string of the molecule is CNCc1cnn(-c2cc(F)c(F)cc2F)c1C. The molecule has 0 aliphatic carbocycles. The first kappa shape index (κ1) is 12.6. The number of hydrogen-bond acceptors (Lipinski definition) is 2. The van der Waals surface area contributed by atoms with Gasteiger partial charge >= 0.3 is 0 Å². The lowest BCUT2D eigenvalue weighted by atomic mass is 10.2.